The molecule has 0 aliphatic rings. The van der Waals surface area contributed by atoms with Gasteiger partial charge in [-0.05, 0) is 13.0 Å². The lowest BCUT2D eigenvalue weighted by Crippen LogP contribution is -2.32. The number of aryl methyl sites for hydroxylation is 1. The Labute approximate surface area is 125 Å². The summed E-state index contributed by atoms with van der Waals surface area (Å²) in [6, 6.07) is 1.13. The van der Waals surface area contributed by atoms with Crippen molar-refractivity contribution in [2.75, 3.05) is 11.9 Å². The van der Waals surface area contributed by atoms with Gasteiger partial charge in [-0.15, -0.1) is 11.3 Å². The summed E-state index contributed by atoms with van der Waals surface area (Å²) in [7, 11) is 0. The van der Waals surface area contributed by atoms with Gasteiger partial charge in [-0.3, -0.25) is 0 Å². The number of thiazole rings is 1. The zero-order chi connectivity index (χ0) is 15.4. The molecule has 7 nitrogen and oxygen atoms in total. The third-order valence-corrected chi connectivity index (χ3v) is 3.86. The Morgan fingerprint density at radius 1 is 1.52 bits per heavy atom. The molecule has 112 valence electrons. The van der Waals surface area contributed by atoms with E-state index in [-0.39, 0.29) is 17.3 Å². The quantitative estimate of drug-likeness (QED) is 0.680. The standard InChI is InChI=1S/C13H16N4O3S/c1-7(11-14-3-4-21-11)6-15-13(20)17-9-5-8(2)16-10(9)12(18)19/h3-5,7,16H,6H2,1-2H3,(H,18,19)(H2,15,17,20). The van der Waals surface area contributed by atoms with Gasteiger partial charge in [0, 0.05) is 29.7 Å². The molecule has 2 amide bonds. The van der Waals surface area contributed by atoms with Crippen molar-refractivity contribution in [3.63, 3.8) is 0 Å². The molecule has 0 saturated heterocycles. The first kappa shape index (κ1) is 15.0. The fraction of sp³-hybridized carbons (Fsp3) is 0.308. The van der Waals surface area contributed by atoms with Gasteiger partial charge >= 0.3 is 12.0 Å². The van der Waals surface area contributed by atoms with E-state index >= 15 is 0 Å². The number of amides is 2. The van der Waals surface area contributed by atoms with Crippen molar-refractivity contribution < 1.29 is 14.7 Å². The normalized spacial score (nSPS) is 11.9. The van der Waals surface area contributed by atoms with Crippen LogP contribution >= 0.6 is 11.3 Å². The minimum atomic E-state index is -1.12. The van der Waals surface area contributed by atoms with Crippen molar-refractivity contribution in [2.24, 2.45) is 0 Å². The van der Waals surface area contributed by atoms with E-state index in [1.165, 1.54) is 11.3 Å². The number of aromatic nitrogens is 2. The van der Waals surface area contributed by atoms with Gasteiger partial charge in [-0.1, -0.05) is 6.92 Å². The molecule has 0 saturated carbocycles. The number of nitrogens with one attached hydrogen (secondary N) is 3. The zero-order valence-corrected chi connectivity index (χ0v) is 12.5. The predicted molar refractivity (Wildman–Crippen MR) is 80.0 cm³/mol. The van der Waals surface area contributed by atoms with Gasteiger partial charge in [0.05, 0.1) is 10.7 Å². The summed E-state index contributed by atoms with van der Waals surface area (Å²) in [4.78, 5) is 29.7. The Hall–Kier alpha value is -2.35. The summed E-state index contributed by atoms with van der Waals surface area (Å²) >= 11 is 1.53. The third-order valence-electron chi connectivity index (χ3n) is 2.86. The molecule has 8 heteroatoms. The van der Waals surface area contributed by atoms with Crippen molar-refractivity contribution in [2.45, 2.75) is 19.8 Å². The van der Waals surface area contributed by atoms with Crippen molar-refractivity contribution in [1.82, 2.24) is 15.3 Å². The van der Waals surface area contributed by atoms with Crippen LogP contribution < -0.4 is 10.6 Å². The van der Waals surface area contributed by atoms with E-state index in [0.29, 0.717) is 12.2 Å². The van der Waals surface area contributed by atoms with Crippen LogP contribution in [0.2, 0.25) is 0 Å². The first-order chi connectivity index (χ1) is 9.97. The molecule has 2 heterocycles. The van der Waals surface area contributed by atoms with Crippen molar-refractivity contribution in [3.8, 4) is 0 Å². The maximum Gasteiger partial charge on any atom is 0.354 e. The number of hydrogen-bond donors (Lipinski definition) is 4. The van der Waals surface area contributed by atoms with Crippen LogP contribution in [0, 0.1) is 6.92 Å². The maximum absolute atomic E-state index is 11.8. The average Bonchev–Trinajstić information content (AvgIpc) is 3.05. The summed E-state index contributed by atoms with van der Waals surface area (Å²) in [5.74, 6) is -1.02. The van der Waals surface area contributed by atoms with Gasteiger partial charge in [0.25, 0.3) is 0 Å². The molecular weight excluding hydrogens is 292 g/mol. The molecule has 0 aromatic carbocycles. The van der Waals surface area contributed by atoms with Crippen LogP contribution in [0.5, 0.6) is 0 Å². The van der Waals surface area contributed by atoms with E-state index in [1.807, 2.05) is 12.3 Å². The first-order valence-corrected chi connectivity index (χ1v) is 7.22. The van der Waals surface area contributed by atoms with Gasteiger partial charge in [0.15, 0.2) is 0 Å². The maximum atomic E-state index is 11.8. The smallest absolute Gasteiger partial charge is 0.354 e. The van der Waals surface area contributed by atoms with Crippen LogP contribution in [-0.2, 0) is 0 Å². The highest BCUT2D eigenvalue weighted by Crippen LogP contribution is 2.18. The van der Waals surface area contributed by atoms with Crippen LogP contribution in [0.4, 0.5) is 10.5 Å². The lowest BCUT2D eigenvalue weighted by molar-refractivity contribution is 0.0692. The van der Waals surface area contributed by atoms with E-state index in [4.69, 9.17) is 5.11 Å². The Morgan fingerprint density at radius 2 is 2.29 bits per heavy atom. The Bertz CT molecular complexity index is 636. The Balaban J connectivity index is 1.92. The zero-order valence-electron chi connectivity index (χ0n) is 11.6. The Kier molecular flexibility index (Phi) is 4.59. The fourth-order valence-electron chi connectivity index (χ4n) is 1.83. The monoisotopic (exact) mass is 308 g/mol. The molecule has 2 aromatic heterocycles. The second-order valence-electron chi connectivity index (χ2n) is 4.65. The van der Waals surface area contributed by atoms with Gasteiger partial charge in [-0.2, -0.15) is 0 Å². The third kappa shape index (κ3) is 3.82. The molecule has 1 unspecified atom stereocenters. The highest BCUT2D eigenvalue weighted by Gasteiger charge is 2.16. The van der Waals surface area contributed by atoms with Crippen molar-refractivity contribution in [1.29, 1.82) is 0 Å². The molecule has 0 aliphatic heterocycles. The van der Waals surface area contributed by atoms with E-state index < -0.39 is 12.0 Å². The van der Waals surface area contributed by atoms with E-state index in [2.05, 4.69) is 20.6 Å². The lowest BCUT2D eigenvalue weighted by atomic mass is 10.2. The van der Waals surface area contributed by atoms with Crippen molar-refractivity contribution >= 4 is 29.0 Å². The topological polar surface area (TPSA) is 107 Å². The number of H-pyrrole nitrogens is 1. The number of carboxylic acid groups (broad SMARTS) is 1. The second-order valence-corrected chi connectivity index (χ2v) is 5.58. The molecule has 0 aliphatic carbocycles. The molecule has 21 heavy (non-hydrogen) atoms. The molecule has 2 rings (SSSR count). The molecule has 0 spiro atoms. The predicted octanol–water partition coefficient (Wildman–Crippen LogP) is 2.40. The molecule has 2 aromatic rings. The molecule has 4 N–H and O–H groups in total. The largest absolute Gasteiger partial charge is 0.477 e. The number of aromatic amines is 1. The van der Waals surface area contributed by atoms with E-state index in [1.54, 1.807) is 19.2 Å². The molecule has 0 radical (unpaired) electrons. The van der Waals surface area contributed by atoms with Gasteiger partial charge in [0.1, 0.15) is 5.69 Å². The highest BCUT2D eigenvalue weighted by atomic mass is 32.1. The number of carbonyl (C=O) groups excluding carboxylic acids is 1. The highest BCUT2D eigenvalue weighted by molar-refractivity contribution is 7.09. The average molecular weight is 308 g/mol. The number of rotatable bonds is 5. The van der Waals surface area contributed by atoms with Gasteiger partial charge < -0.3 is 20.7 Å². The van der Waals surface area contributed by atoms with E-state index in [9.17, 15) is 9.59 Å². The minimum absolute atomic E-state index is 0.0318. The first-order valence-electron chi connectivity index (χ1n) is 6.34. The molecule has 0 fully saturated rings. The van der Waals surface area contributed by atoms with Crippen LogP contribution in [0.3, 0.4) is 0 Å². The summed E-state index contributed by atoms with van der Waals surface area (Å²) in [5, 5.41) is 17.1. The second kappa shape index (κ2) is 6.40. The van der Waals surface area contributed by atoms with Gasteiger partial charge in [0.2, 0.25) is 0 Å². The number of carboxylic acids is 1. The van der Waals surface area contributed by atoms with E-state index in [0.717, 1.165) is 5.01 Å². The SMILES string of the molecule is Cc1cc(NC(=O)NCC(C)c2nccs2)c(C(=O)O)[nH]1. The summed E-state index contributed by atoms with van der Waals surface area (Å²) in [6.45, 7) is 4.10. The Morgan fingerprint density at radius 3 is 2.90 bits per heavy atom. The summed E-state index contributed by atoms with van der Waals surface area (Å²) in [5.41, 5.74) is 0.883. The van der Waals surface area contributed by atoms with Crippen LogP contribution in [0.15, 0.2) is 17.6 Å². The molecule has 1 atom stereocenters. The van der Waals surface area contributed by atoms with Crippen LogP contribution in [0.1, 0.15) is 34.0 Å². The summed E-state index contributed by atoms with van der Waals surface area (Å²) in [6.07, 6.45) is 1.72. The molecular formula is C13H16N4O3S. The fourth-order valence-corrected chi connectivity index (χ4v) is 2.53. The summed E-state index contributed by atoms with van der Waals surface area (Å²) < 4.78 is 0. The number of carbonyl (C=O) groups is 2. The van der Waals surface area contributed by atoms with Crippen LogP contribution in [-0.4, -0.2) is 33.6 Å². The number of aromatic carboxylic acids is 1. The van der Waals surface area contributed by atoms with Crippen LogP contribution in [0.25, 0.3) is 0 Å². The van der Waals surface area contributed by atoms with Gasteiger partial charge in [-0.25, -0.2) is 14.6 Å². The molecule has 0 bridgehead atoms. The number of anilines is 1. The van der Waals surface area contributed by atoms with Crippen molar-refractivity contribution in [3.05, 3.63) is 34.0 Å². The number of urea groups is 1. The lowest BCUT2D eigenvalue weighted by Gasteiger charge is -2.11. The number of nitrogens with zero attached hydrogens (tertiary/aromatic N) is 1. The number of hydrogen-bond acceptors (Lipinski definition) is 4. The minimum Gasteiger partial charge on any atom is -0.477 e.